The molecule has 9 heteroatoms. The van der Waals surface area contributed by atoms with Crippen LogP contribution in [0.4, 0.5) is 5.69 Å². The minimum absolute atomic E-state index is 0.0985. The van der Waals surface area contributed by atoms with Crippen molar-refractivity contribution in [2.45, 2.75) is 6.92 Å². The Morgan fingerprint density at radius 2 is 1.68 bits per heavy atom. The molecule has 0 fully saturated rings. The first-order chi connectivity index (χ1) is 17.9. The number of carbonyl (C=O) groups excluding carboxylic acids is 2. The van der Waals surface area contributed by atoms with Crippen molar-refractivity contribution in [1.29, 1.82) is 0 Å². The molecule has 0 bridgehead atoms. The number of amides is 2. The zero-order valence-corrected chi connectivity index (χ0v) is 20.7. The van der Waals surface area contributed by atoms with E-state index in [-0.39, 0.29) is 34.6 Å². The molecular weight excluding hydrogens is 494 g/mol. The van der Waals surface area contributed by atoms with Crippen molar-refractivity contribution >= 4 is 46.1 Å². The maximum atomic E-state index is 12.6. The summed E-state index contributed by atoms with van der Waals surface area (Å²) >= 11 is 6.41. The highest BCUT2D eigenvalue weighted by Crippen LogP contribution is 2.36. The minimum atomic E-state index is -0.569. The normalized spacial score (nSPS) is 10.9. The maximum absolute atomic E-state index is 12.6. The van der Waals surface area contributed by atoms with Crippen LogP contribution in [0.5, 0.6) is 17.2 Å². The van der Waals surface area contributed by atoms with Crippen LogP contribution in [0.15, 0.2) is 84.0 Å². The molecule has 0 saturated heterocycles. The smallest absolute Gasteiger partial charge is 0.275 e. The summed E-state index contributed by atoms with van der Waals surface area (Å²) in [5, 5.41) is 18.8. The standard InChI is InChI=1S/C28H24ClN3O5/c1-2-36-25-13-18(12-23(29)27(25)37-17-26(34)31-21-10-4-3-5-11-21)16-30-32-28(35)22-14-19-8-6-7-9-20(19)15-24(22)33/h3-16,33H,2,17H2,1H3,(H,31,34)(H,32,35). The number of para-hydroxylation sites is 1. The number of aromatic hydroxyl groups is 1. The topological polar surface area (TPSA) is 109 Å². The van der Waals surface area contributed by atoms with E-state index in [0.29, 0.717) is 23.6 Å². The van der Waals surface area contributed by atoms with Gasteiger partial charge in [0.25, 0.3) is 11.8 Å². The van der Waals surface area contributed by atoms with Gasteiger partial charge in [0.1, 0.15) is 5.75 Å². The van der Waals surface area contributed by atoms with Gasteiger partial charge < -0.3 is 19.9 Å². The number of hydrogen-bond acceptors (Lipinski definition) is 6. The van der Waals surface area contributed by atoms with Crippen LogP contribution in [0.3, 0.4) is 0 Å². The molecule has 4 aromatic rings. The highest BCUT2D eigenvalue weighted by molar-refractivity contribution is 6.32. The summed E-state index contributed by atoms with van der Waals surface area (Å²) in [5.74, 6) is -0.530. The molecule has 0 aromatic heterocycles. The second kappa shape index (κ2) is 11.9. The highest BCUT2D eigenvalue weighted by Gasteiger charge is 2.15. The van der Waals surface area contributed by atoms with E-state index in [9.17, 15) is 14.7 Å². The second-order valence-corrected chi connectivity index (χ2v) is 8.29. The lowest BCUT2D eigenvalue weighted by molar-refractivity contribution is -0.118. The van der Waals surface area contributed by atoms with Crippen molar-refractivity contribution in [3.8, 4) is 17.2 Å². The summed E-state index contributed by atoms with van der Waals surface area (Å²) in [6, 6.07) is 22.7. The zero-order valence-electron chi connectivity index (χ0n) is 19.9. The summed E-state index contributed by atoms with van der Waals surface area (Å²) in [7, 11) is 0. The van der Waals surface area contributed by atoms with Crippen molar-refractivity contribution in [1.82, 2.24) is 5.43 Å². The summed E-state index contributed by atoms with van der Waals surface area (Å²) in [4.78, 5) is 24.8. The van der Waals surface area contributed by atoms with E-state index >= 15 is 0 Å². The molecule has 0 unspecified atom stereocenters. The molecule has 8 nitrogen and oxygen atoms in total. The number of hydrogen-bond donors (Lipinski definition) is 3. The summed E-state index contributed by atoms with van der Waals surface area (Å²) < 4.78 is 11.3. The Bertz CT molecular complexity index is 1460. The van der Waals surface area contributed by atoms with Gasteiger partial charge >= 0.3 is 0 Å². The molecule has 0 saturated carbocycles. The SMILES string of the molecule is CCOc1cc(C=NNC(=O)c2cc3ccccc3cc2O)cc(Cl)c1OCC(=O)Nc1ccccc1. The second-order valence-electron chi connectivity index (χ2n) is 7.88. The van der Waals surface area contributed by atoms with E-state index < -0.39 is 5.91 Å². The third kappa shape index (κ3) is 6.56. The van der Waals surface area contributed by atoms with Gasteiger partial charge in [0.15, 0.2) is 18.1 Å². The number of anilines is 1. The molecule has 37 heavy (non-hydrogen) atoms. The molecule has 0 atom stereocenters. The number of phenols is 1. The van der Waals surface area contributed by atoms with Gasteiger partial charge in [0.05, 0.1) is 23.4 Å². The van der Waals surface area contributed by atoms with Crippen LogP contribution >= 0.6 is 11.6 Å². The third-order valence-electron chi connectivity index (χ3n) is 5.23. The highest BCUT2D eigenvalue weighted by atomic mass is 35.5. The quantitative estimate of drug-likeness (QED) is 0.204. The Kier molecular flexibility index (Phi) is 8.22. The molecule has 188 valence electrons. The van der Waals surface area contributed by atoms with Gasteiger partial charge in [-0.3, -0.25) is 9.59 Å². The molecule has 3 N–H and O–H groups in total. The number of fused-ring (bicyclic) bond motifs is 1. The predicted octanol–water partition coefficient (Wildman–Crippen LogP) is 5.38. The maximum Gasteiger partial charge on any atom is 0.275 e. The Labute approximate surface area is 218 Å². The molecule has 0 aliphatic heterocycles. The first kappa shape index (κ1) is 25.5. The Balaban J connectivity index is 1.44. The lowest BCUT2D eigenvalue weighted by atomic mass is 10.1. The van der Waals surface area contributed by atoms with Gasteiger partial charge in [-0.1, -0.05) is 54.1 Å². The van der Waals surface area contributed by atoms with Crippen LogP contribution in [0.1, 0.15) is 22.8 Å². The average molecular weight is 518 g/mol. The predicted molar refractivity (Wildman–Crippen MR) is 144 cm³/mol. The molecule has 0 aliphatic rings. The van der Waals surface area contributed by atoms with Gasteiger partial charge in [0, 0.05) is 5.69 Å². The fourth-order valence-electron chi connectivity index (χ4n) is 3.56. The number of hydrazone groups is 1. The summed E-state index contributed by atoms with van der Waals surface area (Å²) in [6.07, 6.45) is 1.39. The third-order valence-corrected chi connectivity index (χ3v) is 5.51. The van der Waals surface area contributed by atoms with Gasteiger partial charge in [0.2, 0.25) is 0 Å². The van der Waals surface area contributed by atoms with Crippen LogP contribution < -0.4 is 20.2 Å². The van der Waals surface area contributed by atoms with E-state index in [1.807, 2.05) is 42.5 Å². The number of rotatable bonds is 9. The fourth-order valence-corrected chi connectivity index (χ4v) is 3.83. The average Bonchev–Trinajstić information content (AvgIpc) is 2.88. The van der Waals surface area contributed by atoms with Gasteiger partial charge in [-0.05, 0) is 59.7 Å². The minimum Gasteiger partial charge on any atom is -0.507 e. The van der Waals surface area contributed by atoms with Crippen molar-refractivity contribution in [3.05, 3.63) is 95.0 Å². The Hall–Kier alpha value is -4.56. The number of carbonyl (C=O) groups is 2. The molecule has 2 amide bonds. The lowest BCUT2D eigenvalue weighted by Gasteiger charge is -2.14. The number of ether oxygens (including phenoxy) is 2. The van der Waals surface area contributed by atoms with Crippen molar-refractivity contribution in [2.24, 2.45) is 5.10 Å². The first-order valence-electron chi connectivity index (χ1n) is 11.4. The van der Waals surface area contributed by atoms with E-state index in [1.165, 1.54) is 12.3 Å². The number of nitrogens with zero attached hydrogens (tertiary/aromatic N) is 1. The van der Waals surface area contributed by atoms with Crippen LogP contribution in [0.25, 0.3) is 10.8 Å². The fraction of sp³-hybridized carbons (Fsp3) is 0.107. The summed E-state index contributed by atoms with van der Waals surface area (Å²) in [6.45, 7) is 1.87. The van der Waals surface area contributed by atoms with Gasteiger partial charge in [-0.15, -0.1) is 0 Å². The van der Waals surface area contributed by atoms with E-state index in [1.54, 1.807) is 37.3 Å². The summed E-state index contributed by atoms with van der Waals surface area (Å²) in [5.41, 5.74) is 3.68. The first-order valence-corrected chi connectivity index (χ1v) is 11.8. The number of nitrogens with one attached hydrogen (secondary N) is 2. The molecule has 4 rings (SSSR count). The van der Waals surface area contributed by atoms with Gasteiger partial charge in [-0.25, -0.2) is 5.43 Å². The van der Waals surface area contributed by atoms with E-state index in [4.69, 9.17) is 21.1 Å². The number of halogens is 1. The monoisotopic (exact) mass is 517 g/mol. The molecule has 0 spiro atoms. The van der Waals surface area contributed by atoms with E-state index in [0.717, 1.165) is 10.8 Å². The van der Waals surface area contributed by atoms with Crippen molar-refractivity contribution < 1.29 is 24.2 Å². The van der Waals surface area contributed by atoms with Crippen molar-refractivity contribution in [2.75, 3.05) is 18.5 Å². The van der Waals surface area contributed by atoms with Crippen LogP contribution in [-0.4, -0.2) is 36.3 Å². The molecule has 0 radical (unpaired) electrons. The van der Waals surface area contributed by atoms with Crippen LogP contribution in [0.2, 0.25) is 5.02 Å². The molecule has 0 aliphatic carbocycles. The van der Waals surface area contributed by atoms with Crippen LogP contribution in [-0.2, 0) is 4.79 Å². The zero-order chi connectivity index (χ0) is 26.2. The Morgan fingerprint density at radius 1 is 0.973 bits per heavy atom. The molecular formula is C28H24ClN3O5. The van der Waals surface area contributed by atoms with Crippen molar-refractivity contribution in [3.63, 3.8) is 0 Å². The number of benzene rings is 4. The lowest BCUT2D eigenvalue weighted by Crippen LogP contribution is -2.20. The molecule has 0 heterocycles. The van der Waals surface area contributed by atoms with E-state index in [2.05, 4.69) is 15.8 Å². The van der Waals surface area contributed by atoms with Crippen LogP contribution in [0, 0.1) is 0 Å². The largest absolute Gasteiger partial charge is 0.507 e. The van der Waals surface area contributed by atoms with Gasteiger partial charge in [-0.2, -0.15) is 5.10 Å². The molecule has 4 aromatic carbocycles. The Morgan fingerprint density at radius 3 is 2.41 bits per heavy atom. The number of phenolic OH excluding ortho intramolecular Hbond substituents is 1.